The van der Waals surface area contributed by atoms with E-state index in [1.165, 1.54) is 13.4 Å². The topological polar surface area (TPSA) is 88.7 Å². The highest BCUT2D eigenvalue weighted by atomic mass is 16.6. The molecule has 1 aliphatic rings. The molecule has 2 rings (SSSR count). The third-order valence-electron chi connectivity index (χ3n) is 2.60. The van der Waals surface area contributed by atoms with Crippen molar-refractivity contribution in [3.8, 4) is 0 Å². The van der Waals surface area contributed by atoms with E-state index in [2.05, 4.69) is 30.2 Å². The highest BCUT2D eigenvalue weighted by Gasteiger charge is 2.16. The lowest BCUT2D eigenvalue weighted by atomic mass is 10.2. The lowest BCUT2D eigenvalue weighted by Crippen LogP contribution is -2.44. The average Bonchev–Trinajstić information content (AvgIpc) is 2.38. The number of nitrogen functional groups attached to an aromatic ring is 1. The zero-order chi connectivity index (χ0) is 12.1. The molecule has 0 atom stereocenters. The van der Waals surface area contributed by atoms with Crippen LogP contribution in [-0.4, -0.2) is 49.5 Å². The van der Waals surface area contributed by atoms with Crippen LogP contribution in [0.1, 0.15) is 5.56 Å². The van der Waals surface area contributed by atoms with Crippen molar-refractivity contribution in [3.63, 3.8) is 0 Å². The van der Waals surface area contributed by atoms with Crippen LogP contribution >= 0.6 is 0 Å². The summed E-state index contributed by atoms with van der Waals surface area (Å²) in [5.41, 5.74) is 6.53. The molecule has 0 saturated carbocycles. The Hall–Kier alpha value is -1.89. The van der Waals surface area contributed by atoms with Crippen LogP contribution in [0.25, 0.3) is 0 Å². The van der Waals surface area contributed by atoms with Crippen LogP contribution in [0.5, 0.6) is 0 Å². The standard InChI is InChI=1S/C10H16N6O/c1-17-15-6-8-9(11)13-7-14-10(8)16-4-2-12-3-5-16/h6-7,12H,2-5H2,1H3,(H2,11,13,14)/b15-6+. The number of nitrogens with one attached hydrogen (secondary N) is 1. The van der Waals surface area contributed by atoms with E-state index in [0.717, 1.165) is 32.0 Å². The molecule has 1 aromatic rings. The van der Waals surface area contributed by atoms with E-state index in [0.29, 0.717) is 11.4 Å². The molecule has 0 bridgehead atoms. The molecule has 1 saturated heterocycles. The molecular formula is C10H16N6O. The molecule has 1 fully saturated rings. The van der Waals surface area contributed by atoms with Gasteiger partial charge in [-0.3, -0.25) is 0 Å². The van der Waals surface area contributed by atoms with Gasteiger partial charge in [-0.25, -0.2) is 9.97 Å². The first-order valence-electron chi connectivity index (χ1n) is 5.45. The van der Waals surface area contributed by atoms with Crippen LogP contribution in [0.15, 0.2) is 11.5 Å². The fraction of sp³-hybridized carbons (Fsp3) is 0.500. The lowest BCUT2D eigenvalue weighted by Gasteiger charge is -2.29. The van der Waals surface area contributed by atoms with Crippen LogP contribution < -0.4 is 16.0 Å². The summed E-state index contributed by atoms with van der Waals surface area (Å²) in [6, 6.07) is 0. The lowest BCUT2D eigenvalue weighted by molar-refractivity contribution is 0.215. The molecule has 0 aromatic carbocycles. The van der Waals surface area contributed by atoms with Crippen molar-refractivity contribution < 1.29 is 4.84 Å². The van der Waals surface area contributed by atoms with Crippen molar-refractivity contribution in [1.29, 1.82) is 0 Å². The molecule has 1 aromatic heterocycles. The summed E-state index contributed by atoms with van der Waals surface area (Å²) in [5.74, 6) is 1.22. The summed E-state index contributed by atoms with van der Waals surface area (Å²) in [4.78, 5) is 15.1. The smallest absolute Gasteiger partial charge is 0.143 e. The zero-order valence-electron chi connectivity index (χ0n) is 9.76. The predicted molar refractivity (Wildman–Crippen MR) is 66.1 cm³/mol. The van der Waals surface area contributed by atoms with Crippen molar-refractivity contribution in [2.45, 2.75) is 0 Å². The first kappa shape index (κ1) is 11.6. The molecule has 0 radical (unpaired) electrons. The van der Waals surface area contributed by atoms with Crippen LogP contribution in [0.2, 0.25) is 0 Å². The van der Waals surface area contributed by atoms with Gasteiger partial charge in [-0.1, -0.05) is 5.16 Å². The summed E-state index contributed by atoms with van der Waals surface area (Å²) in [6.07, 6.45) is 3.02. The Kier molecular flexibility index (Phi) is 3.71. The van der Waals surface area contributed by atoms with Crippen LogP contribution in [0, 0.1) is 0 Å². The molecule has 0 spiro atoms. The van der Waals surface area contributed by atoms with Gasteiger partial charge in [0.1, 0.15) is 25.1 Å². The van der Waals surface area contributed by atoms with Gasteiger partial charge in [-0.05, 0) is 0 Å². The molecule has 2 heterocycles. The predicted octanol–water partition coefficient (Wildman–Crippen LogP) is -0.551. The number of nitrogens with two attached hydrogens (primary N) is 1. The van der Waals surface area contributed by atoms with E-state index in [-0.39, 0.29) is 0 Å². The molecule has 0 aliphatic carbocycles. The second kappa shape index (κ2) is 5.44. The summed E-state index contributed by atoms with van der Waals surface area (Å²) >= 11 is 0. The number of piperazine rings is 1. The molecule has 0 unspecified atom stereocenters. The van der Waals surface area contributed by atoms with E-state index in [4.69, 9.17) is 5.73 Å². The Labute approximate surface area is 99.7 Å². The molecule has 7 heteroatoms. The van der Waals surface area contributed by atoms with Crippen molar-refractivity contribution >= 4 is 17.9 Å². The maximum Gasteiger partial charge on any atom is 0.143 e. The van der Waals surface area contributed by atoms with E-state index in [9.17, 15) is 0 Å². The van der Waals surface area contributed by atoms with Crippen molar-refractivity contribution in [2.75, 3.05) is 43.9 Å². The first-order valence-corrected chi connectivity index (χ1v) is 5.45. The molecule has 3 N–H and O–H groups in total. The SMILES string of the molecule is CO/N=C/c1c(N)ncnc1N1CCNCC1. The van der Waals surface area contributed by atoms with Crippen molar-refractivity contribution in [2.24, 2.45) is 5.16 Å². The van der Waals surface area contributed by atoms with Gasteiger partial charge >= 0.3 is 0 Å². The van der Waals surface area contributed by atoms with Gasteiger partial charge in [-0.2, -0.15) is 0 Å². The molecular weight excluding hydrogens is 220 g/mol. The summed E-state index contributed by atoms with van der Waals surface area (Å²) in [5, 5.41) is 7.02. The molecule has 0 amide bonds. The Morgan fingerprint density at radius 1 is 1.47 bits per heavy atom. The van der Waals surface area contributed by atoms with E-state index in [1.54, 1.807) is 6.21 Å². The minimum atomic E-state index is 0.411. The highest BCUT2D eigenvalue weighted by Crippen LogP contribution is 2.19. The number of anilines is 2. The van der Waals surface area contributed by atoms with Gasteiger partial charge in [0, 0.05) is 26.2 Å². The van der Waals surface area contributed by atoms with Gasteiger partial charge in [0.05, 0.1) is 11.8 Å². The van der Waals surface area contributed by atoms with Gasteiger partial charge in [-0.15, -0.1) is 0 Å². The molecule has 17 heavy (non-hydrogen) atoms. The third kappa shape index (κ3) is 2.62. The summed E-state index contributed by atoms with van der Waals surface area (Å²) < 4.78 is 0. The van der Waals surface area contributed by atoms with Gasteiger partial charge < -0.3 is 20.8 Å². The Morgan fingerprint density at radius 3 is 2.94 bits per heavy atom. The van der Waals surface area contributed by atoms with Gasteiger partial charge in [0.2, 0.25) is 0 Å². The fourth-order valence-electron chi connectivity index (χ4n) is 1.76. The quantitative estimate of drug-likeness (QED) is 0.540. The van der Waals surface area contributed by atoms with Gasteiger partial charge in [0.25, 0.3) is 0 Å². The summed E-state index contributed by atoms with van der Waals surface area (Å²) in [7, 11) is 1.49. The van der Waals surface area contributed by atoms with Crippen LogP contribution in [0.4, 0.5) is 11.6 Å². The second-order valence-corrected chi connectivity index (χ2v) is 3.65. The Morgan fingerprint density at radius 2 is 2.24 bits per heavy atom. The molecule has 1 aliphatic heterocycles. The number of rotatable bonds is 3. The monoisotopic (exact) mass is 236 g/mol. The average molecular weight is 236 g/mol. The van der Waals surface area contributed by atoms with Crippen molar-refractivity contribution in [3.05, 3.63) is 11.9 Å². The number of nitrogens with zero attached hydrogens (tertiary/aromatic N) is 4. The number of hydrogen-bond acceptors (Lipinski definition) is 7. The van der Waals surface area contributed by atoms with Crippen LogP contribution in [0.3, 0.4) is 0 Å². The van der Waals surface area contributed by atoms with Crippen LogP contribution in [-0.2, 0) is 4.84 Å². The maximum atomic E-state index is 5.83. The molecule has 7 nitrogen and oxygen atoms in total. The Bertz CT molecular complexity index is 402. The van der Waals surface area contributed by atoms with E-state index >= 15 is 0 Å². The van der Waals surface area contributed by atoms with Crippen molar-refractivity contribution in [1.82, 2.24) is 15.3 Å². The highest BCUT2D eigenvalue weighted by molar-refractivity contribution is 5.91. The number of oxime groups is 1. The fourth-order valence-corrected chi connectivity index (χ4v) is 1.76. The number of hydrogen-bond donors (Lipinski definition) is 2. The molecule has 92 valence electrons. The normalized spacial score (nSPS) is 16.4. The van der Waals surface area contributed by atoms with Gasteiger partial charge in [0.15, 0.2) is 0 Å². The second-order valence-electron chi connectivity index (χ2n) is 3.65. The summed E-state index contributed by atoms with van der Waals surface area (Å²) in [6.45, 7) is 3.66. The maximum absolute atomic E-state index is 5.83. The van der Waals surface area contributed by atoms with E-state index in [1.807, 2.05) is 0 Å². The largest absolute Gasteiger partial charge is 0.399 e. The third-order valence-corrected chi connectivity index (χ3v) is 2.60. The minimum absolute atomic E-state index is 0.411. The number of aromatic nitrogens is 2. The Balaban J connectivity index is 2.31. The minimum Gasteiger partial charge on any atom is -0.399 e. The van der Waals surface area contributed by atoms with E-state index < -0.39 is 0 Å². The first-order chi connectivity index (χ1) is 8.33. The zero-order valence-corrected chi connectivity index (χ0v) is 9.76.